The Balaban J connectivity index is 1.82. The molecule has 2 aromatic rings. The van der Waals surface area contributed by atoms with Crippen LogP contribution in [0.2, 0.25) is 0 Å². The van der Waals surface area contributed by atoms with E-state index in [1.54, 1.807) is 31.2 Å². The molecular formula is C14H15N3O4S. The maximum absolute atomic E-state index is 12.4. The molecule has 1 fully saturated rings. The van der Waals surface area contributed by atoms with Crippen LogP contribution in [0.5, 0.6) is 0 Å². The fourth-order valence-electron chi connectivity index (χ4n) is 2.06. The van der Waals surface area contributed by atoms with Crippen LogP contribution in [0.15, 0.2) is 33.2 Å². The molecule has 1 amide bonds. The lowest BCUT2D eigenvalue weighted by atomic mass is 10.1. The molecule has 0 saturated carbocycles. The first-order chi connectivity index (χ1) is 10.6. The molecule has 0 aliphatic carbocycles. The monoisotopic (exact) mass is 321 g/mol. The minimum absolute atomic E-state index is 0.305. The molecule has 116 valence electrons. The van der Waals surface area contributed by atoms with E-state index in [4.69, 9.17) is 9.26 Å². The van der Waals surface area contributed by atoms with Gasteiger partial charge in [-0.3, -0.25) is 4.79 Å². The smallest absolute Gasteiger partial charge is 0.285 e. The first-order valence-electron chi connectivity index (χ1n) is 6.81. The third kappa shape index (κ3) is 3.23. The van der Waals surface area contributed by atoms with Gasteiger partial charge in [0.1, 0.15) is 0 Å². The molecule has 22 heavy (non-hydrogen) atoms. The highest BCUT2D eigenvalue weighted by Gasteiger charge is 2.17. The summed E-state index contributed by atoms with van der Waals surface area (Å²) in [5.74, 6) is 1.07. The van der Waals surface area contributed by atoms with E-state index in [0.29, 0.717) is 42.0 Å². The molecule has 1 aliphatic heterocycles. The van der Waals surface area contributed by atoms with Crippen LogP contribution in [0.3, 0.4) is 0 Å². The topological polar surface area (TPSA) is 94.7 Å². The maximum Gasteiger partial charge on any atom is 0.285 e. The van der Waals surface area contributed by atoms with Gasteiger partial charge in [-0.2, -0.15) is 9.35 Å². The van der Waals surface area contributed by atoms with Gasteiger partial charge in [-0.1, -0.05) is 17.3 Å². The van der Waals surface area contributed by atoms with Crippen molar-refractivity contribution in [2.45, 2.75) is 6.92 Å². The Morgan fingerprint density at radius 3 is 2.50 bits per heavy atom. The van der Waals surface area contributed by atoms with E-state index in [1.165, 1.54) is 0 Å². The van der Waals surface area contributed by atoms with Gasteiger partial charge in [-0.05, 0) is 12.1 Å². The van der Waals surface area contributed by atoms with Crippen molar-refractivity contribution in [3.8, 4) is 11.4 Å². The largest absolute Gasteiger partial charge is 0.379 e. The van der Waals surface area contributed by atoms with Crippen LogP contribution >= 0.6 is 0 Å². The summed E-state index contributed by atoms with van der Waals surface area (Å²) in [7, 11) is -2.49. The molecule has 0 N–H and O–H groups in total. The van der Waals surface area contributed by atoms with Crippen LogP contribution in [0, 0.1) is 6.92 Å². The summed E-state index contributed by atoms with van der Waals surface area (Å²) in [6.07, 6.45) is 0. The Kier molecular flexibility index (Phi) is 4.04. The molecule has 1 aromatic carbocycles. The van der Waals surface area contributed by atoms with Crippen LogP contribution in [0.1, 0.15) is 16.2 Å². The number of hydrogen-bond acceptors (Lipinski definition) is 6. The van der Waals surface area contributed by atoms with E-state index >= 15 is 0 Å². The van der Waals surface area contributed by atoms with Crippen LogP contribution in [-0.4, -0.2) is 45.0 Å². The zero-order chi connectivity index (χ0) is 15.6. The third-order valence-corrected chi connectivity index (χ3v) is 5.37. The highest BCUT2D eigenvalue weighted by atomic mass is 32.2. The molecule has 2 heterocycles. The van der Waals surface area contributed by atoms with E-state index in [1.807, 2.05) is 0 Å². The second-order valence-corrected chi connectivity index (χ2v) is 7.45. The molecule has 1 aromatic heterocycles. The number of carbonyl (C=O) groups is 1. The Hall–Kier alpha value is -2.06. The second kappa shape index (κ2) is 5.98. The highest BCUT2D eigenvalue weighted by molar-refractivity contribution is 7.94. The number of aromatic nitrogens is 2. The molecule has 7 nitrogen and oxygen atoms in total. The summed E-state index contributed by atoms with van der Waals surface area (Å²) in [5.41, 5.74) is 1.13. The maximum atomic E-state index is 12.4. The van der Waals surface area contributed by atoms with Gasteiger partial charge < -0.3 is 9.26 Å². The molecule has 1 aliphatic rings. The standard InChI is InChI=1S/C14H15N3O4S/c1-10-15-13(16-21-10)11-2-4-12(5-3-11)14(18)17-22(19)8-6-20-7-9-22/h2-5H,6-9H2,1H3. The summed E-state index contributed by atoms with van der Waals surface area (Å²) in [5, 5.41) is 3.81. The number of amides is 1. The lowest BCUT2D eigenvalue weighted by Gasteiger charge is -2.15. The zero-order valence-corrected chi connectivity index (χ0v) is 12.8. The van der Waals surface area contributed by atoms with Crippen LogP contribution in [-0.2, 0) is 14.5 Å². The summed E-state index contributed by atoms with van der Waals surface area (Å²) >= 11 is 0. The van der Waals surface area contributed by atoms with Gasteiger partial charge in [0.05, 0.1) is 34.4 Å². The summed E-state index contributed by atoms with van der Waals surface area (Å²) in [4.78, 5) is 16.2. The lowest BCUT2D eigenvalue weighted by Crippen LogP contribution is -2.26. The zero-order valence-electron chi connectivity index (χ0n) is 12.0. The summed E-state index contributed by atoms with van der Waals surface area (Å²) in [6, 6.07) is 6.66. The fraction of sp³-hybridized carbons (Fsp3) is 0.357. The molecule has 0 spiro atoms. The van der Waals surface area contributed by atoms with Crippen molar-refractivity contribution in [2.75, 3.05) is 24.7 Å². The van der Waals surface area contributed by atoms with E-state index in [9.17, 15) is 9.00 Å². The molecule has 0 atom stereocenters. The number of ether oxygens (including phenoxy) is 1. The SMILES string of the molecule is Cc1nc(-c2ccc(C(=O)N=S3(=O)CCOCC3)cc2)no1. The predicted octanol–water partition coefficient (Wildman–Crippen LogP) is 1.68. The molecular weight excluding hydrogens is 306 g/mol. The Morgan fingerprint density at radius 1 is 1.23 bits per heavy atom. The van der Waals surface area contributed by atoms with Crippen molar-refractivity contribution in [2.24, 2.45) is 4.36 Å². The Bertz CT molecular complexity index is 792. The quantitative estimate of drug-likeness (QED) is 0.835. The van der Waals surface area contributed by atoms with Crippen molar-refractivity contribution in [1.29, 1.82) is 0 Å². The summed E-state index contributed by atoms with van der Waals surface area (Å²) < 4.78 is 26.3. The summed E-state index contributed by atoms with van der Waals surface area (Å²) in [6.45, 7) is 2.47. The number of nitrogens with zero attached hydrogens (tertiary/aromatic N) is 3. The number of hydrogen-bond donors (Lipinski definition) is 0. The first-order valence-corrected chi connectivity index (χ1v) is 8.66. The highest BCUT2D eigenvalue weighted by Crippen LogP contribution is 2.17. The fourth-order valence-corrected chi connectivity index (χ4v) is 3.61. The van der Waals surface area contributed by atoms with Gasteiger partial charge in [0, 0.05) is 18.1 Å². The van der Waals surface area contributed by atoms with Crippen LogP contribution in [0.25, 0.3) is 11.4 Å². The molecule has 3 rings (SSSR count). The minimum Gasteiger partial charge on any atom is -0.379 e. The van der Waals surface area contributed by atoms with Crippen molar-refractivity contribution >= 4 is 15.6 Å². The van der Waals surface area contributed by atoms with E-state index < -0.39 is 15.6 Å². The average Bonchev–Trinajstić information content (AvgIpc) is 2.94. The molecule has 1 saturated heterocycles. The van der Waals surface area contributed by atoms with E-state index in [0.717, 1.165) is 5.56 Å². The van der Waals surface area contributed by atoms with Gasteiger partial charge in [0.25, 0.3) is 5.91 Å². The third-order valence-electron chi connectivity index (χ3n) is 3.26. The Morgan fingerprint density at radius 2 is 1.91 bits per heavy atom. The molecule has 0 bridgehead atoms. The van der Waals surface area contributed by atoms with Gasteiger partial charge in [-0.15, -0.1) is 0 Å². The predicted molar refractivity (Wildman–Crippen MR) is 79.9 cm³/mol. The lowest BCUT2D eigenvalue weighted by molar-refractivity contribution is 0.100. The molecule has 8 heteroatoms. The van der Waals surface area contributed by atoms with Crippen LogP contribution < -0.4 is 0 Å². The minimum atomic E-state index is -2.49. The van der Waals surface area contributed by atoms with Crippen LogP contribution in [0.4, 0.5) is 0 Å². The second-order valence-electron chi connectivity index (χ2n) is 4.90. The van der Waals surface area contributed by atoms with Crippen molar-refractivity contribution < 1.29 is 18.3 Å². The first kappa shape index (κ1) is 14.9. The van der Waals surface area contributed by atoms with Crippen molar-refractivity contribution in [1.82, 2.24) is 10.1 Å². The number of benzene rings is 1. The van der Waals surface area contributed by atoms with Gasteiger partial charge >= 0.3 is 0 Å². The molecule has 0 radical (unpaired) electrons. The molecule has 0 unspecified atom stereocenters. The van der Waals surface area contributed by atoms with E-state index in [2.05, 4.69) is 14.5 Å². The number of aryl methyl sites for hydroxylation is 1. The number of rotatable bonds is 2. The normalized spacial score (nSPS) is 17.1. The van der Waals surface area contributed by atoms with Crippen molar-refractivity contribution in [3.63, 3.8) is 0 Å². The Labute approximate surface area is 127 Å². The van der Waals surface area contributed by atoms with Gasteiger partial charge in [0.15, 0.2) is 0 Å². The van der Waals surface area contributed by atoms with E-state index in [-0.39, 0.29) is 0 Å². The van der Waals surface area contributed by atoms with Gasteiger partial charge in [0.2, 0.25) is 11.7 Å². The average molecular weight is 321 g/mol. The van der Waals surface area contributed by atoms with Crippen molar-refractivity contribution in [3.05, 3.63) is 35.7 Å². The van der Waals surface area contributed by atoms with Gasteiger partial charge in [-0.25, -0.2) is 4.21 Å². The number of carbonyl (C=O) groups excluding carboxylic acids is 1.